The molecular formula is C26H21ClN6O2S2. The Hall–Kier alpha value is -3.80. The number of aromatic nitrogens is 2. The highest BCUT2D eigenvalue weighted by atomic mass is 35.5. The molecule has 186 valence electrons. The molecule has 37 heavy (non-hydrogen) atoms. The normalized spacial score (nSPS) is 10.5. The Bertz CT molecular complexity index is 1480. The maximum absolute atomic E-state index is 10.0. The number of benzene rings is 2. The number of thiazole rings is 1. The summed E-state index contributed by atoms with van der Waals surface area (Å²) in [5.41, 5.74) is 9.29. The molecule has 2 aromatic carbocycles. The second-order valence-electron chi connectivity index (χ2n) is 7.67. The highest BCUT2D eigenvalue weighted by molar-refractivity contribution is 7.98. The summed E-state index contributed by atoms with van der Waals surface area (Å²) in [5.74, 6) is 1.14. The number of aliphatic hydroxyl groups excluding tert-OH is 1. The molecule has 11 heteroatoms. The standard InChI is InChI=1S/C26H21ClN6O2S2/c27-17-3-1-4-18(11-17)31-26-32-19(15-37-26)14-36-25-22(13-29)23(21(12-28)24(30)33-25)16-5-7-20(8-6-16)35-10-2-9-34/h1,3-8,11,15,34H,2,9-10,14H2,(H2,30,33)(H,31,32). The summed E-state index contributed by atoms with van der Waals surface area (Å²) in [4.78, 5) is 8.96. The molecule has 0 atom stereocenters. The van der Waals surface area contributed by atoms with Crippen molar-refractivity contribution in [1.29, 1.82) is 10.5 Å². The van der Waals surface area contributed by atoms with Crippen molar-refractivity contribution in [2.24, 2.45) is 0 Å². The van der Waals surface area contributed by atoms with Gasteiger partial charge in [0, 0.05) is 40.4 Å². The molecule has 0 spiro atoms. The predicted octanol–water partition coefficient (Wildman–Crippen LogP) is 5.98. The van der Waals surface area contributed by atoms with E-state index in [4.69, 9.17) is 27.2 Å². The van der Waals surface area contributed by atoms with E-state index in [1.54, 1.807) is 30.3 Å². The van der Waals surface area contributed by atoms with E-state index >= 15 is 0 Å². The third-order valence-electron chi connectivity index (χ3n) is 5.11. The number of hydrogen-bond donors (Lipinski definition) is 3. The number of nitrogen functional groups attached to an aromatic ring is 1. The minimum absolute atomic E-state index is 0.0481. The van der Waals surface area contributed by atoms with E-state index in [9.17, 15) is 10.5 Å². The van der Waals surface area contributed by atoms with E-state index in [2.05, 4.69) is 27.4 Å². The fraction of sp³-hybridized carbons (Fsp3) is 0.154. The molecule has 0 unspecified atom stereocenters. The minimum atomic E-state index is 0.0481. The van der Waals surface area contributed by atoms with Gasteiger partial charge in [-0.05, 0) is 35.9 Å². The summed E-state index contributed by atoms with van der Waals surface area (Å²) in [5, 5.41) is 35.6. The van der Waals surface area contributed by atoms with Crippen LogP contribution in [0.4, 0.5) is 16.6 Å². The predicted molar refractivity (Wildman–Crippen MR) is 147 cm³/mol. The van der Waals surface area contributed by atoms with Gasteiger partial charge in [-0.3, -0.25) is 0 Å². The van der Waals surface area contributed by atoms with Crippen LogP contribution in [0.5, 0.6) is 5.75 Å². The number of nitrogens with two attached hydrogens (primary N) is 1. The van der Waals surface area contributed by atoms with Crippen LogP contribution in [0.25, 0.3) is 11.1 Å². The number of aliphatic hydroxyl groups is 1. The zero-order valence-corrected chi connectivity index (χ0v) is 21.8. The number of nitrogens with zero attached hydrogens (tertiary/aromatic N) is 4. The molecule has 0 amide bonds. The molecule has 2 aromatic heterocycles. The number of anilines is 3. The first-order valence-corrected chi connectivity index (χ1v) is 13.3. The lowest BCUT2D eigenvalue weighted by Crippen LogP contribution is -2.04. The summed E-state index contributed by atoms with van der Waals surface area (Å²) in [6.45, 7) is 0.436. The summed E-state index contributed by atoms with van der Waals surface area (Å²) in [7, 11) is 0. The van der Waals surface area contributed by atoms with Crippen molar-refractivity contribution < 1.29 is 9.84 Å². The fourth-order valence-electron chi connectivity index (χ4n) is 3.43. The van der Waals surface area contributed by atoms with Crippen LogP contribution < -0.4 is 15.8 Å². The number of thioether (sulfide) groups is 1. The summed E-state index contributed by atoms with van der Waals surface area (Å²) < 4.78 is 5.58. The highest BCUT2D eigenvalue weighted by Crippen LogP contribution is 2.37. The molecule has 0 bridgehead atoms. The largest absolute Gasteiger partial charge is 0.494 e. The molecule has 0 saturated carbocycles. The quantitative estimate of drug-likeness (QED) is 0.161. The fourth-order valence-corrected chi connectivity index (χ4v) is 5.34. The average molecular weight is 549 g/mol. The van der Waals surface area contributed by atoms with Crippen LogP contribution in [0, 0.1) is 22.7 Å². The number of halogens is 1. The van der Waals surface area contributed by atoms with Crippen LogP contribution in [0.1, 0.15) is 23.2 Å². The molecule has 0 saturated heterocycles. The van der Waals surface area contributed by atoms with Crippen molar-refractivity contribution >= 4 is 51.3 Å². The average Bonchev–Trinajstić information content (AvgIpc) is 3.34. The second-order valence-corrected chi connectivity index (χ2v) is 9.93. The summed E-state index contributed by atoms with van der Waals surface area (Å²) >= 11 is 8.83. The molecule has 0 radical (unpaired) electrons. The van der Waals surface area contributed by atoms with Crippen molar-refractivity contribution in [3.8, 4) is 29.0 Å². The molecule has 0 aliphatic carbocycles. The van der Waals surface area contributed by atoms with Gasteiger partial charge in [0.25, 0.3) is 0 Å². The summed E-state index contributed by atoms with van der Waals surface area (Å²) in [6.07, 6.45) is 0.525. The summed E-state index contributed by atoms with van der Waals surface area (Å²) in [6, 6.07) is 18.7. The van der Waals surface area contributed by atoms with Crippen molar-refractivity contribution in [3.63, 3.8) is 0 Å². The molecule has 4 rings (SSSR count). The number of nitriles is 2. The van der Waals surface area contributed by atoms with Crippen LogP contribution in [0.3, 0.4) is 0 Å². The van der Waals surface area contributed by atoms with Gasteiger partial charge in [0.1, 0.15) is 34.3 Å². The van der Waals surface area contributed by atoms with Gasteiger partial charge in [0.05, 0.1) is 17.9 Å². The van der Waals surface area contributed by atoms with Crippen molar-refractivity contribution in [2.45, 2.75) is 17.2 Å². The Morgan fingerprint density at radius 2 is 1.89 bits per heavy atom. The van der Waals surface area contributed by atoms with Crippen molar-refractivity contribution in [2.75, 3.05) is 24.3 Å². The molecule has 8 nitrogen and oxygen atoms in total. The first kappa shape index (κ1) is 26.3. The third kappa shape index (κ3) is 6.50. The molecule has 0 aliphatic heterocycles. The topological polar surface area (TPSA) is 141 Å². The van der Waals surface area contributed by atoms with Crippen LogP contribution >= 0.6 is 34.7 Å². The van der Waals surface area contributed by atoms with Crippen LogP contribution in [0.2, 0.25) is 5.02 Å². The minimum Gasteiger partial charge on any atom is -0.494 e. The van der Waals surface area contributed by atoms with Gasteiger partial charge >= 0.3 is 0 Å². The zero-order valence-electron chi connectivity index (χ0n) is 19.4. The van der Waals surface area contributed by atoms with Crippen LogP contribution in [-0.4, -0.2) is 28.3 Å². The van der Waals surface area contributed by atoms with Gasteiger partial charge in [-0.1, -0.05) is 41.6 Å². The maximum atomic E-state index is 10.0. The molecule has 0 aliphatic rings. The zero-order chi connectivity index (χ0) is 26.2. The van der Waals surface area contributed by atoms with Gasteiger partial charge in [-0.25, -0.2) is 9.97 Å². The highest BCUT2D eigenvalue weighted by Gasteiger charge is 2.21. The number of rotatable bonds is 10. The first-order valence-electron chi connectivity index (χ1n) is 11.1. The number of pyridine rings is 1. The van der Waals surface area contributed by atoms with Gasteiger partial charge < -0.3 is 20.9 Å². The Kier molecular flexibility index (Phi) is 8.83. The monoisotopic (exact) mass is 548 g/mol. The Morgan fingerprint density at radius 1 is 1.11 bits per heavy atom. The molecule has 0 fully saturated rings. The third-order valence-corrected chi connectivity index (χ3v) is 7.16. The maximum Gasteiger partial charge on any atom is 0.187 e. The van der Waals surface area contributed by atoms with Crippen LogP contribution in [0.15, 0.2) is 58.9 Å². The van der Waals surface area contributed by atoms with Gasteiger partial charge in [-0.2, -0.15) is 10.5 Å². The molecular weight excluding hydrogens is 528 g/mol. The first-order chi connectivity index (χ1) is 18.0. The Morgan fingerprint density at radius 3 is 2.59 bits per heavy atom. The molecule has 4 N–H and O–H groups in total. The number of ether oxygens (including phenoxy) is 1. The number of hydrogen-bond acceptors (Lipinski definition) is 10. The lowest BCUT2D eigenvalue weighted by molar-refractivity contribution is 0.233. The van der Waals surface area contributed by atoms with E-state index in [-0.39, 0.29) is 23.6 Å². The number of nitrogens with one attached hydrogen (secondary N) is 1. The second kappa shape index (κ2) is 12.4. The lowest BCUT2D eigenvalue weighted by Gasteiger charge is -2.13. The van der Waals surface area contributed by atoms with Crippen molar-refractivity contribution in [3.05, 3.63) is 75.8 Å². The van der Waals surface area contributed by atoms with Gasteiger partial charge in [-0.15, -0.1) is 11.3 Å². The van der Waals surface area contributed by atoms with E-state index in [0.717, 1.165) is 11.4 Å². The Balaban J connectivity index is 1.56. The van der Waals surface area contributed by atoms with E-state index in [1.165, 1.54) is 23.1 Å². The SMILES string of the molecule is N#Cc1c(N)nc(SCc2csc(Nc3cccc(Cl)c3)n2)c(C#N)c1-c1ccc(OCCCO)cc1. The van der Waals surface area contributed by atoms with E-state index < -0.39 is 0 Å². The van der Waals surface area contributed by atoms with Crippen molar-refractivity contribution in [1.82, 2.24) is 9.97 Å². The molecule has 2 heterocycles. The van der Waals surface area contributed by atoms with E-state index in [0.29, 0.717) is 50.8 Å². The smallest absolute Gasteiger partial charge is 0.187 e. The van der Waals surface area contributed by atoms with Gasteiger partial charge in [0.2, 0.25) is 0 Å². The Labute approximate surface area is 227 Å². The van der Waals surface area contributed by atoms with E-state index in [1.807, 2.05) is 23.6 Å². The van der Waals surface area contributed by atoms with Crippen LogP contribution in [-0.2, 0) is 5.75 Å². The van der Waals surface area contributed by atoms with Gasteiger partial charge in [0.15, 0.2) is 5.13 Å². The lowest BCUT2D eigenvalue weighted by atomic mass is 9.97. The molecule has 4 aromatic rings.